The van der Waals surface area contributed by atoms with Crippen molar-refractivity contribution in [1.82, 2.24) is 4.98 Å². The van der Waals surface area contributed by atoms with Gasteiger partial charge in [-0.25, -0.2) is 4.98 Å². The van der Waals surface area contributed by atoms with E-state index >= 15 is 0 Å². The first-order valence-electron chi connectivity index (χ1n) is 9.29. The Bertz CT molecular complexity index is 849. The first-order valence-corrected chi connectivity index (χ1v) is 10.1. The second-order valence-electron chi connectivity index (χ2n) is 6.96. The summed E-state index contributed by atoms with van der Waals surface area (Å²) in [4.78, 5) is 7.66. The quantitative estimate of drug-likeness (QED) is 0.865. The van der Waals surface area contributed by atoms with Gasteiger partial charge in [0.05, 0.1) is 18.7 Å². The zero-order valence-corrected chi connectivity index (χ0v) is 15.7. The Labute approximate surface area is 158 Å². The van der Waals surface area contributed by atoms with Crippen LogP contribution in [-0.2, 0) is 6.42 Å². The fourth-order valence-corrected chi connectivity index (χ4v) is 5.05. The van der Waals surface area contributed by atoms with Crippen LogP contribution in [-0.4, -0.2) is 28.8 Å². The Morgan fingerprint density at radius 1 is 1.35 bits per heavy atom. The van der Waals surface area contributed by atoms with Crippen LogP contribution in [0.3, 0.4) is 0 Å². The Morgan fingerprint density at radius 3 is 2.73 bits per heavy atom. The molecule has 1 N–H and O–H groups in total. The van der Waals surface area contributed by atoms with E-state index in [1.165, 1.54) is 28.9 Å². The number of anilines is 1. The summed E-state index contributed by atoms with van der Waals surface area (Å²) in [5.74, 6) is 0.0191. The number of aliphatic hydroxyl groups excluding tert-OH is 1. The Balaban J connectivity index is 1.59. The second kappa shape index (κ2) is 7.22. The number of allylic oxidation sites excluding steroid dienone is 2. The van der Waals surface area contributed by atoms with Gasteiger partial charge in [0.15, 0.2) is 5.13 Å². The first kappa shape index (κ1) is 17.3. The van der Waals surface area contributed by atoms with Crippen molar-refractivity contribution in [1.29, 1.82) is 5.26 Å². The number of aliphatic hydroxyl groups is 1. The maximum Gasteiger partial charge on any atom is 0.186 e. The van der Waals surface area contributed by atoms with Crippen molar-refractivity contribution in [2.45, 2.75) is 50.6 Å². The molecule has 0 bridgehead atoms. The lowest BCUT2D eigenvalue weighted by molar-refractivity contribution is 0.187. The highest BCUT2D eigenvalue weighted by Gasteiger charge is 2.50. The number of nitriles is 1. The van der Waals surface area contributed by atoms with Gasteiger partial charge in [0.25, 0.3) is 0 Å². The van der Waals surface area contributed by atoms with Crippen molar-refractivity contribution in [2.75, 3.05) is 11.5 Å². The van der Waals surface area contributed by atoms with E-state index in [1.54, 1.807) is 11.3 Å². The van der Waals surface area contributed by atoms with Crippen LogP contribution in [0.2, 0.25) is 0 Å². The van der Waals surface area contributed by atoms with Gasteiger partial charge in [0.2, 0.25) is 0 Å². The van der Waals surface area contributed by atoms with Gasteiger partial charge >= 0.3 is 0 Å². The van der Waals surface area contributed by atoms with Gasteiger partial charge in [-0.15, -0.1) is 11.3 Å². The van der Waals surface area contributed by atoms with Crippen LogP contribution < -0.4 is 4.90 Å². The summed E-state index contributed by atoms with van der Waals surface area (Å²) < 4.78 is 0. The lowest BCUT2D eigenvalue weighted by atomic mass is 9.76. The van der Waals surface area contributed by atoms with E-state index < -0.39 is 0 Å². The fraction of sp³-hybridized carbons (Fsp3) is 0.429. The number of rotatable bonds is 5. The SMILES string of the molecule is CCc1cnc(N2[C@H](C#N)[C@@H](c3ccc(C4=CCCC4)cc3)[C@@H]2CO)s1. The van der Waals surface area contributed by atoms with E-state index in [2.05, 4.69) is 48.3 Å². The van der Waals surface area contributed by atoms with Crippen molar-refractivity contribution < 1.29 is 5.11 Å². The molecule has 0 amide bonds. The van der Waals surface area contributed by atoms with Gasteiger partial charge in [0, 0.05) is 17.0 Å². The highest BCUT2D eigenvalue weighted by atomic mass is 32.1. The number of hydrogen-bond donors (Lipinski definition) is 1. The highest BCUT2D eigenvalue weighted by Crippen LogP contribution is 2.45. The van der Waals surface area contributed by atoms with Gasteiger partial charge in [0.1, 0.15) is 6.04 Å². The summed E-state index contributed by atoms with van der Waals surface area (Å²) >= 11 is 1.62. The molecule has 134 valence electrons. The van der Waals surface area contributed by atoms with Crippen molar-refractivity contribution >= 4 is 22.0 Å². The molecule has 0 unspecified atom stereocenters. The molecule has 1 saturated heterocycles. The average Bonchev–Trinajstić information content (AvgIpc) is 3.34. The van der Waals surface area contributed by atoms with Gasteiger partial charge in [-0.05, 0) is 42.4 Å². The highest BCUT2D eigenvalue weighted by molar-refractivity contribution is 7.15. The molecule has 1 fully saturated rings. The lowest BCUT2D eigenvalue weighted by Gasteiger charge is -2.51. The Hall–Kier alpha value is -2.16. The number of thiazole rings is 1. The second-order valence-corrected chi connectivity index (χ2v) is 8.06. The topological polar surface area (TPSA) is 60.2 Å². The number of aromatic nitrogens is 1. The van der Waals surface area contributed by atoms with Crippen LogP contribution in [0.1, 0.15) is 48.1 Å². The van der Waals surface area contributed by atoms with Crippen LogP contribution in [0.25, 0.3) is 5.57 Å². The van der Waals surface area contributed by atoms with Crippen LogP contribution in [0.5, 0.6) is 0 Å². The minimum atomic E-state index is -0.278. The zero-order valence-electron chi connectivity index (χ0n) is 14.9. The fourth-order valence-electron chi connectivity index (χ4n) is 4.10. The van der Waals surface area contributed by atoms with E-state index in [0.29, 0.717) is 0 Å². The Morgan fingerprint density at radius 2 is 2.15 bits per heavy atom. The van der Waals surface area contributed by atoms with E-state index in [9.17, 15) is 10.4 Å². The summed E-state index contributed by atoms with van der Waals surface area (Å²) in [5.41, 5.74) is 3.84. The predicted molar refractivity (Wildman–Crippen MR) is 105 cm³/mol. The molecule has 2 aliphatic rings. The molecule has 1 aromatic heterocycles. The molecule has 1 aliphatic carbocycles. The molecule has 4 rings (SSSR count). The number of nitrogens with zero attached hydrogens (tertiary/aromatic N) is 3. The van der Waals surface area contributed by atoms with E-state index in [-0.39, 0.29) is 24.6 Å². The van der Waals surface area contributed by atoms with E-state index in [0.717, 1.165) is 23.5 Å². The first-order chi connectivity index (χ1) is 12.8. The van der Waals surface area contributed by atoms with Gasteiger partial charge < -0.3 is 10.0 Å². The zero-order chi connectivity index (χ0) is 18.1. The molecule has 5 heteroatoms. The Kier molecular flexibility index (Phi) is 4.80. The van der Waals surface area contributed by atoms with E-state index in [1.807, 2.05) is 11.1 Å². The van der Waals surface area contributed by atoms with Crippen molar-refractivity contribution in [3.63, 3.8) is 0 Å². The van der Waals surface area contributed by atoms with Crippen molar-refractivity contribution in [3.8, 4) is 6.07 Å². The summed E-state index contributed by atoms with van der Waals surface area (Å²) in [6.07, 6.45) is 8.70. The molecule has 1 aromatic carbocycles. The van der Waals surface area contributed by atoms with E-state index in [4.69, 9.17) is 0 Å². The van der Waals surface area contributed by atoms with Crippen LogP contribution in [0.4, 0.5) is 5.13 Å². The molecule has 0 radical (unpaired) electrons. The summed E-state index contributed by atoms with van der Waals surface area (Å²) in [7, 11) is 0. The monoisotopic (exact) mass is 365 g/mol. The summed E-state index contributed by atoms with van der Waals surface area (Å²) in [5, 5.41) is 20.6. The molecule has 2 aromatic rings. The molecule has 2 heterocycles. The number of hydrogen-bond acceptors (Lipinski definition) is 5. The summed E-state index contributed by atoms with van der Waals surface area (Å²) in [6, 6.07) is 10.6. The number of benzene rings is 1. The minimum Gasteiger partial charge on any atom is -0.394 e. The van der Waals surface area contributed by atoms with Crippen molar-refractivity contribution in [3.05, 3.63) is 52.5 Å². The third-order valence-corrected chi connectivity index (χ3v) is 6.70. The van der Waals surface area contributed by atoms with Gasteiger partial charge in [-0.3, -0.25) is 0 Å². The maximum atomic E-state index is 9.97. The average molecular weight is 366 g/mol. The molecular formula is C21H23N3OS. The largest absolute Gasteiger partial charge is 0.394 e. The third-order valence-electron chi connectivity index (χ3n) is 5.55. The molecule has 26 heavy (non-hydrogen) atoms. The normalized spacial score (nSPS) is 24.9. The molecule has 3 atom stereocenters. The molecule has 1 aliphatic heterocycles. The molecule has 0 spiro atoms. The van der Waals surface area contributed by atoms with Crippen LogP contribution in [0.15, 0.2) is 36.5 Å². The van der Waals surface area contributed by atoms with Gasteiger partial charge in [-0.2, -0.15) is 5.26 Å². The third kappa shape index (κ3) is 2.84. The molecular weight excluding hydrogens is 342 g/mol. The predicted octanol–water partition coefficient (Wildman–Crippen LogP) is 4.13. The molecule has 0 saturated carbocycles. The number of aryl methyl sites for hydroxylation is 1. The summed E-state index contributed by atoms with van der Waals surface area (Å²) in [6.45, 7) is 2.12. The lowest BCUT2D eigenvalue weighted by Crippen LogP contribution is -2.63. The standard InChI is InChI=1S/C21H23N3OS/c1-2-17-12-23-21(26-17)24-18(11-22)20(19(24)13-25)16-9-7-15(8-10-16)14-5-3-4-6-14/h5,7-10,12,18-20,25H,2-4,6,13H2,1H3/t18-,19+,20-/m1/s1. The van der Waals surface area contributed by atoms with Crippen LogP contribution >= 0.6 is 11.3 Å². The van der Waals surface area contributed by atoms with Crippen LogP contribution in [0, 0.1) is 11.3 Å². The maximum absolute atomic E-state index is 9.97. The van der Waals surface area contributed by atoms with Crippen molar-refractivity contribution in [2.24, 2.45) is 0 Å². The van der Waals surface area contributed by atoms with Gasteiger partial charge in [-0.1, -0.05) is 37.3 Å². The molecule has 4 nitrogen and oxygen atoms in total. The smallest absolute Gasteiger partial charge is 0.186 e. The minimum absolute atomic E-state index is 0.0191.